The lowest BCUT2D eigenvalue weighted by Gasteiger charge is -2.32. The summed E-state index contributed by atoms with van der Waals surface area (Å²) in [5.41, 5.74) is 0.659. The van der Waals surface area contributed by atoms with Crippen molar-refractivity contribution < 1.29 is 14.7 Å². The van der Waals surface area contributed by atoms with Crippen LogP contribution < -0.4 is 0 Å². The molecule has 1 aliphatic heterocycles. The number of nitrogens with zero attached hydrogens (tertiary/aromatic N) is 2. The largest absolute Gasteiger partial charge is 0.481 e. The lowest BCUT2D eigenvalue weighted by atomic mass is 9.92. The van der Waals surface area contributed by atoms with E-state index in [0.29, 0.717) is 31.5 Å². The molecule has 19 heavy (non-hydrogen) atoms. The number of amides is 1. The molecule has 0 aromatic carbocycles. The van der Waals surface area contributed by atoms with Gasteiger partial charge < -0.3 is 10.0 Å². The minimum atomic E-state index is -0.858. The van der Waals surface area contributed by atoms with Crippen molar-refractivity contribution in [1.82, 2.24) is 9.88 Å². The standard InChI is InChI=1S/C14H18N2O3/c1-2-16-12(17)8-5-6-10(14(18)19)13(16)11-7-3-4-9-15-11/h3-4,7,9-10,13H,2,5-6,8H2,1H3,(H,18,19). The predicted molar refractivity (Wildman–Crippen MR) is 69.3 cm³/mol. The molecule has 2 atom stereocenters. The van der Waals surface area contributed by atoms with Gasteiger partial charge in [-0.15, -0.1) is 0 Å². The van der Waals surface area contributed by atoms with Crippen molar-refractivity contribution in [3.05, 3.63) is 30.1 Å². The number of hydrogen-bond donors (Lipinski definition) is 1. The second-order valence-electron chi connectivity index (χ2n) is 4.72. The number of hydrogen-bond acceptors (Lipinski definition) is 3. The van der Waals surface area contributed by atoms with Gasteiger partial charge in [-0.2, -0.15) is 0 Å². The van der Waals surface area contributed by atoms with Gasteiger partial charge in [0, 0.05) is 19.2 Å². The van der Waals surface area contributed by atoms with Gasteiger partial charge in [0.1, 0.15) is 0 Å². The van der Waals surface area contributed by atoms with Crippen LogP contribution in [0.25, 0.3) is 0 Å². The summed E-state index contributed by atoms with van der Waals surface area (Å²) in [5, 5.41) is 9.43. The van der Waals surface area contributed by atoms with Crippen LogP contribution in [0.4, 0.5) is 0 Å². The molecule has 0 aliphatic carbocycles. The number of aliphatic carboxylic acids is 1. The Hall–Kier alpha value is -1.91. The molecule has 2 heterocycles. The second-order valence-corrected chi connectivity index (χ2v) is 4.72. The zero-order valence-corrected chi connectivity index (χ0v) is 11.0. The molecule has 1 aromatic rings. The summed E-state index contributed by atoms with van der Waals surface area (Å²) < 4.78 is 0. The molecule has 0 radical (unpaired) electrons. The lowest BCUT2D eigenvalue weighted by Crippen LogP contribution is -2.39. The van der Waals surface area contributed by atoms with Crippen molar-refractivity contribution in [3.8, 4) is 0 Å². The molecule has 1 amide bonds. The van der Waals surface area contributed by atoms with Gasteiger partial charge in [0.05, 0.1) is 17.7 Å². The summed E-state index contributed by atoms with van der Waals surface area (Å²) in [6.07, 6.45) is 3.19. The number of likely N-dealkylation sites (tertiary alicyclic amines) is 1. The maximum absolute atomic E-state index is 12.1. The second kappa shape index (κ2) is 5.82. The minimum absolute atomic E-state index is 0.0157. The number of pyridine rings is 1. The van der Waals surface area contributed by atoms with Crippen LogP contribution in [-0.2, 0) is 9.59 Å². The van der Waals surface area contributed by atoms with E-state index in [1.807, 2.05) is 13.0 Å². The molecule has 102 valence electrons. The first-order valence-electron chi connectivity index (χ1n) is 6.58. The van der Waals surface area contributed by atoms with Crippen LogP contribution in [0, 0.1) is 5.92 Å². The van der Waals surface area contributed by atoms with Crippen molar-refractivity contribution in [2.75, 3.05) is 6.54 Å². The first kappa shape index (κ1) is 13.5. The number of carboxylic acid groups (broad SMARTS) is 1. The summed E-state index contributed by atoms with van der Waals surface area (Å²) in [5.74, 6) is -1.42. The van der Waals surface area contributed by atoms with Crippen molar-refractivity contribution in [2.24, 2.45) is 5.92 Å². The molecular formula is C14H18N2O3. The highest BCUT2D eigenvalue weighted by Crippen LogP contribution is 2.34. The predicted octanol–water partition coefficient (Wildman–Crippen LogP) is 1.86. The van der Waals surface area contributed by atoms with Crippen LogP contribution in [-0.4, -0.2) is 33.4 Å². The molecule has 1 fully saturated rings. The van der Waals surface area contributed by atoms with Gasteiger partial charge >= 0.3 is 5.97 Å². The summed E-state index contributed by atoms with van der Waals surface area (Å²) in [6, 6.07) is 4.94. The minimum Gasteiger partial charge on any atom is -0.481 e. The fraction of sp³-hybridized carbons (Fsp3) is 0.500. The van der Waals surface area contributed by atoms with Gasteiger partial charge in [0.25, 0.3) is 0 Å². The number of rotatable bonds is 3. The highest BCUT2D eigenvalue weighted by molar-refractivity contribution is 5.79. The van der Waals surface area contributed by atoms with E-state index in [4.69, 9.17) is 0 Å². The molecule has 1 aromatic heterocycles. The van der Waals surface area contributed by atoms with Gasteiger partial charge in [0.2, 0.25) is 5.91 Å². The SMILES string of the molecule is CCN1C(=O)CCCC(C(=O)O)C1c1ccccn1. The molecule has 1 saturated heterocycles. The first-order valence-corrected chi connectivity index (χ1v) is 6.58. The summed E-state index contributed by atoms with van der Waals surface area (Å²) in [7, 11) is 0. The number of carboxylic acids is 1. The van der Waals surface area contributed by atoms with Crippen molar-refractivity contribution in [1.29, 1.82) is 0 Å². The smallest absolute Gasteiger partial charge is 0.309 e. The van der Waals surface area contributed by atoms with Crippen LogP contribution in [0.3, 0.4) is 0 Å². The van der Waals surface area contributed by atoms with Gasteiger partial charge in [-0.25, -0.2) is 0 Å². The van der Waals surface area contributed by atoms with Crippen LogP contribution in [0.1, 0.15) is 37.9 Å². The number of carbonyl (C=O) groups is 2. The van der Waals surface area contributed by atoms with Gasteiger partial charge in [-0.05, 0) is 31.9 Å². The Labute approximate surface area is 112 Å². The van der Waals surface area contributed by atoms with E-state index < -0.39 is 17.9 Å². The monoisotopic (exact) mass is 262 g/mol. The lowest BCUT2D eigenvalue weighted by molar-refractivity contribution is -0.146. The zero-order valence-electron chi connectivity index (χ0n) is 11.0. The van der Waals surface area contributed by atoms with E-state index in [9.17, 15) is 14.7 Å². The normalized spacial score (nSPS) is 24.1. The Balaban J connectivity index is 2.44. The molecule has 0 spiro atoms. The van der Waals surface area contributed by atoms with E-state index in [2.05, 4.69) is 4.98 Å². The molecule has 2 rings (SSSR count). The highest BCUT2D eigenvalue weighted by atomic mass is 16.4. The molecular weight excluding hydrogens is 244 g/mol. The Morgan fingerprint density at radius 1 is 1.53 bits per heavy atom. The van der Waals surface area contributed by atoms with Crippen LogP contribution in [0.5, 0.6) is 0 Å². The average molecular weight is 262 g/mol. The Morgan fingerprint density at radius 3 is 2.89 bits per heavy atom. The summed E-state index contributed by atoms with van der Waals surface area (Å²) >= 11 is 0. The van der Waals surface area contributed by atoms with E-state index in [0.717, 1.165) is 0 Å². The molecule has 0 saturated carbocycles. The van der Waals surface area contributed by atoms with Crippen LogP contribution in [0.2, 0.25) is 0 Å². The zero-order chi connectivity index (χ0) is 13.8. The molecule has 2 unspecified atom stereocenters. The number of aromatic nitrogens is 1. The summed E-state index contributed by atoms with van der Waals surface area (Å²) in [6.45, 7) is 2.38. The molecule has 1 aliphatic rings. The number of carbonyl (C=O) groups excluding carboxylic acids is 1. The third-order valence-electron chi connectivity index (χ3n) is 3.59. The van der Waals surface area contributed by atoms with Gasteiger partial charge in [-0.1, -0.05) is 6.07 Å². The van der Waals surface area contributed by atoms with Gasteiger partial charge in [0.15, 0.2) is 0 Å². The summed E-state index contributed by atoms with van der Waals surface area (Å²) in [4.78, 5) is 29.5. The maximum atomic E-state index is 12.1. The van der Waals surface area contributed by atoms with E-state index >= 15 is 0 Å². The third-order valence-corrected chi connectivity index (χ3v) is 3.59. The molecule has 1 N–H and O–H groups in total. The van der Waals surface area contributed by atoms with Crippen LogP contribution in [0.15, 0.2) is 24.4 Å². The van der Waals surface area contributed by atoms with E-state index in [1.54, 1.807) is 23.2 Å². The van der Waals surface area contributed by atoms with E-state index in [-0.39, 0.29) is 5.91 Å². The average Bonchev–Trinajstić information content (AvgIpc) is 2.58. The third kappa shape index (κ3) is 2.75. The fourth-order valence-corrected chi connectivity index (χ4v) is 2.70. The Morgan fingerprint density at radius 2 is 2.32 bits per heavy atom. The Kier molecular flexibility index (Phi) is 4.14. The molecule has 5 nitrogen and oxygen atoms in total. The van der Waals surface area contributed by atoms with E-state index in [1.165, 1.54) is 0 Å². The van der Waals surface area contributed by atoms with Crippen molar-refractivity contribution in [3.63, 3.8) is 0 Å². The van der Waals surface area contributed by atoms with Crippen molar-refractivity contribution >= 4 is 11.9 Å². The Bertz CT molecular complexity index is 459. The quantitative estimate of drug-likeness (QED) is 0.902. The molecule has 0 bridgehead atoms. The van der Waals surface area contributed by atoms with Crippen LogP contribution >= 0.6 is 0 Å². The van der Waals surface area contributed by atoms with Gasteiger partial charge in [-0.3, -0.25) is 14.6 Å². The highest BCUT2D eigenvalue weighted by Gasteiger charge is 2.38. The maximum Gasteiger partial charge on any atom is 0.309 e. The fourth-order valence-electron chi connectivity index (χ4n) is 2.70. The molecule has 5 heteroatoms. The topological polar surface area (TPSA) is 70.5 Å². The first-order chi connectivity index (χ1) is 9.15. The van der Waals surface area contributed by atoms with Crippen molar-refractivity contribution in [2.45, 2.75) is 32.2 Å².